The van der Waals surface area contributed by atoms with Gasteiger partial charge in [-0.3, -0.25) is 4.90 Å². The molecule has 0 unspecified atom stereocenters. The minimum atomic E-state index is -0.354. The lowest BCUT2D eigenvalue weighted by Gasteiger charge is -2.29. The molecule has 3 aromatic carbocycles. The molecule has 0 saturated heterocycles. The molecule has 4 aromatic rings. The van der Waals surface area contributed by atoms with Crippen molar-refractivity contribution in [3.63, 3.8) is 0 Å². The Bertz CT molecular complexity index is 1250. The van der Waals surface area contributed by atoms with Gasteiger partial charge in [0.15, 0.2) is 0 Å². The van der Waals surface area contributed by atoms with Crippen LogP contribution in [0.15, 0.2) is 82.0 Å². The Morgan fingerprint density at radius 3 is 2.57 bits per heavy atom. The maximum Gasteiger partial charge on any atom is 0.336 e. The van der Waals surface area contributed by atoms with Crippen LogP contribution in [0.1, 0.15) is 11.1 Å². The molecule has 0 aliphatic carbocycles. The van der Waals surface area contributed by atoms with E-state index in [0.29, 0.717) is 18.9 Å². The van der Waals surface area contributed by atoms with Crippen molar-refractivity contribution in [2.24, 2.45) is 0 Å². The van der Waals surface area contributed by atoms with Crippen LogP contribution < -0.4 is 10.4 Å². The summed E-state index contributed by atoms with van der Waals surface area (Å²) in [6.07, 6.45) is 0.889. The van der Waals surface area contributed by atoms with E-state index in [-0.39, 0.29) is 5.63 Å². The fourth-order valence-corrected chi connectivity index (χ4v) is 4.04. The summed E-state index contributed by atoms with van der Waals surface area (Å²) in [5.74, 6) is 0.776. The number of nitrogens with zero attached hydrogens (tertiary/aromatic N) is 1. The van der Waals surface area contributed by atoms with Crippen LogP contribution in [-0.4, -0.2) is 18.2 Å². The Morgan fingerprint density at radius 1 is 0.967 bits per heavy atom. The second-order valence-corrected chi connectivity index (χ2v) is 7.90. The average molecular weight is 418 g/mol. The maximum atomic E-state index is 12.4. The van der Waals surface area contributed by atoms with E-state index < -0.39 is 0 Å². The Labute approximate surface area is 179 Å². The van der Waals surface area contributed by atoms with E-state index in [9.17, 15) is 4.79 Å². The van der Waals surface area contributed by atoms with Gasteiger partial charge in [-0.2, -0.15) is 0 Å². The van der Waals surface area contributed by atoms with Crippen LogP contribution in [0.25, 0.3) is 22.1 Å². The third-order valence-corrected chi connectivity index (χ3v) is 5.72. The first-order valence-corrected chi connectivity index (χ1v) is 10.3. The summed E-state index contributed by atoms with van der Waals surface area (Å²) in [7, 11) is 0. The fourth-order valence-electron chi connectivity index (χ4n) is 3.92. The SMILES string of the molecule is O=c1cc(-c2ccccc2)c2ccc3c(c2o1)CN(CCc1ccc(Cl)cc1)CO3. The Balaban J connectivity index is 1.48. The minimum absolute atomic E-state index is 0.354. The van der Waals surface area contributed by atoms with Gasteiger partial charge in [-0.25, -0.2) is 4.79 Å². The van der Waals surface area contributed by atoms with Gasteiger partial charge in [0.25, 0.3) is 0 Å². The Kier molecular flexibility index (Phi) is 5.03. The van der Waals surface area contributed by atoms with Gasteiger partial charge in [-0.15, -0.1) is 0 Å². The third-order valence-electron chi connectivity index (χ3n) is 5.47. The lowest BCUT2D eigenvalue weighted by Crippen LogP contribution is -2.33. The molecular formula is C25H20ClNO3. The Hall–Kier alpha value is -3.08. The van der Waals surface area contributed by atoms with Crippen LogP contribution in [0.2, 0.25) is 5.02 Å². The zero-order valence-electron chi connectivity index (χ0n) is 16.3. The highest BCUT2D eigenvalue weighted by Crippen LogP contribution is 2.36. The quantitative estimate of drug-likeness (QED) is 0.411. The molecule has 150 valence electrons. The molecule has 0 fully saturated rings. The Morgan fingerprint density at radius 2 is 1.77 bits per heavy atom. The summed E-state index contributed by atoms with van der Waals surface area (Å²) < 4.78 is 11.6. The smallest absolute Gasteiger partial charge is 0.336 e. The fraction of sp³-hybridized carbons (Fsp3) is 0.160. The van der Waals surface area contributed by atoms with Crippen LogP contribution >= 0.6 is 11.6 Å². The molecular weight excluding hydrogens is 398 g/mol. The van der Waals surface area contributed by atoms with E-state index in [4.69, 9.17) is 20.8 Å². The zero-order chi connectivity index (χ0) is 20.5. The number of halogens is 1. The van der Waals surface area contributed by atoms with Crippen LogP contribution in [0.5, 0.6) is 5.75 Å². The van der Waals surface area contributed by atoms with E-state index in [0.717, 1.165) is 45.8 Å². The first-order valence-electron chi connectivity index (χ1n) is 9.92. The standard InChI is InChI=1S/C25H20ClNO3/c26-19-8-6-17(7-9-19)12-13-27-15-22-23(29-16-27)11-10-20-21(14-24(28)30-25(20)22)18-4-2-1-3-5-18/h1-11,14H,12-13,15-16H2. The number of fused-ring (bicyclic) bond motifs is 3. The van der Waals surface area contributed by atoms with Gasteiger partial charge < -0.3 is 9.15 Å². The second-order valence-electron chi connectivity index (χ2n) is 7.47. The number of hydrogen-bond donors (Lipinski definition) is 0. The summed E-state index contributed by atoms with van der Waals surface area (Å²) in [4.78, 5) is 14.6. The van der Waals surface area contributed by atoms with E-state index in [1.165, 1.54) is 5.56 Å². The molecule has 0 bridgehead atoms. The van der Waals surface area contributed by atoms with Crippen molar-refractivity contribution in [2.45, 2.75) is 13.0 Å². The molecule has 0 N–H and O–H groups in total. The zero-order valence-corrected chi connectivity index (χ0v) is 17.1. The molecule has 0 atom stereocenters. The first kappa shape index (κ1) is 18.9. The van der Waals surface area contributed by atoms with Gasteiger partial charge in [0, 0.05) is 29.6 Å². The summed E-state index contributed by atoms with van der Waals surface area (Å²) in [6, 6.07) is 23.3. The summed E-state index contributed by atoms with van der Waals surface area (Å²) in [5.41, 5.74) is 4.27. The number of hydrogen-bond acceptors (Lipinski definition) is 4. The summed E-state index contributed by atoms with van der Waals surface area (Å²) >= 11 is 5.98. The van der Waals surface area contributed by atoms with Crippen LogP contribution in [-0.2, 0) is 13.0 Å². The van der Waals surface area contributed by atoms with Gasteiger partial charge in [0.2, 0.25) is 0 Å². The average Bonchev–Trinajstić information content (AvgIpc) is 2.78. The molecule has 1 aliphatic heterocycles. The predicted molar refractivity (Wildman–Crippen MR) is 119 cm³/mol. The van der Waals surface area contributed by atoms with E-state index in [2.05, 4.69) is 4.90 Å². The molecule has 0 saturated carbocycles. The molecule has 0 spiro atoms. The van der Waals surface area contributed by atoms with Gasteiger partial charge in [0.05, 0.1) is 5.56 Å². The van der Waals surface area contributed by atoms with Gasteiger partial charge >= 0.3 is 5.63 Å². The van der Waals surface area contributed by atoms with E-state index in [1.807, 2.05) is 66.7 Å². The second kappa shape index (κ2) is 7.98. The number of ether oxygens (including phenoxy) is 1. The minimum Gasteiger partial charge on any atom is -0.478 e. The third kappa shape index (κ3) is 3.72. The van der Waals surface area contributed by atoms with Crippen LogP contribution in [0.4, 0.5) is 0 Å². The predicted octanol–water partition coefficient (Wildman–Crippen LogP) is 5.51. The number of rotatable bonds is 4. The molecule has 0 amide bonds. The van der Waals surface area contributed by atoms with Crippen LogP contribution in [0, 0.1) is 0 Å². The van der Waals surface area contributed by atoms with Crippen molar-refractivity contribution in [3.8, 4) is 16.9 Å². The molecule has 1 aromatic heterocycles. The summed E-state index contributed by atoms with van der Waals surface area (Å²) in [6.45, 7) is 2.01. The lowest BCUT2D eigenvalue weighted by atomic mass is 9.99. The van der Waals surface area contributed by atoms with Crippen molar-refractivity contribution in [2.75, 3.05) is 13.3 Å². The monoisotopic (exact) mass is 417 g/mol. The largest absolute Gasteiger partial charge is 0.478 e. The maximum absolute atomic E-state index is 12.4. The molecule has 1 aliphatic rings. The van der Waals surface area contributed by atoms with Gasteiger partial charge in [-0.05, 0) is 47.4 Å². The summed E-state index contributed by atoms with van der Waals surface area (Å²) in [5, 5.41) is 1.66. The first-order chi connectivity index (χ1) is 14.7. The highest BCUT2D eigenvalue weighted by atomic mass is 35.5. The molecule has 2 heterocycles. The molecule has 0 radical (unpaired) electrons. The van der Waals surface area contributed by atoms with Gasteiger partial charge in [-0.1, -0.05) is 54.1 Å². The number of benzene rings is 3. The van der Waals surface area contributed by atoms with Crippen molar-refractivity contribution < 1.29 is 9.15 Å². The van der Waals surface area contributed by atoms with Crippen molar-refractivity contribution >= 4 is 22.6 Å². The van der Waals surface area contributed by atoms with Crippen LogP contribution in [0.3, 0.4) is 0 Å². The van der Waals surface area contributed by atoms with Crippen molar-refractivity contribution in [1.82, 2.24) is 4.90 Å². The van der Waals surface area contributed by atoms with Gasteiger partial charge in [0.1, 0.15) is 18.1 Å². The lowest BCUT2D eigenvalue weighted by molar-refractivity contribution is 0.0968. The molecule has 4 nitrogen and oxygen atoms in total. The van der Waals surface area contributed by atoms with E-state index in [1.54, 1.807) is 6.07 Å². The van der Waals surface area contributed by atoms with Crippen molar-refractivity contribution in [1.29, 1.82) is 0 Å². The molecule has 5 heteroatoms. The normalized spacial score (nSPS) is 13.8. The topological polar surface area (TPSA) is 42.7 Å². The molecule has 30 heavy (non-hydrogen) atoms. The van der Waals surface area contributed by atoms with Crippen molar-refractivity contribution in [3.05, 3.63) is 99.4 Å². The van der Waals surface area contributed by atoms with E-state index >= 15 is 0 Å². The molecule has 5 rings (SSSR count). The highest BCUT2D eigenvalue weighted by Gasteiger charge is 2.22. The highest BCUT2D eigenvalue weighted by molar-refractivity contribution is 6.30.